The Morgan fingerprint density at radius 3 is 2.38 bits per heavy atom. The maximum absolute atomic E-state index is 12.4. The zero-order chi connectivity index (χ0) is 21.2. The summed E-state index contributed by atoms with van der Waals surface area (Å²) in [6.45, 7) is 8.51. The first-order chi connectivity index (χ1) is 14.2. The van der Waals surface area contributed by atoms with Gasteiger partial charge in [0.05, 0.1) is 18.6 Å². The Bertz CT molecular complexity index is 600. The number of allylic oxidation sites excluding steroid dienone is 2. The largest absolute Gasteiger partial charge is 0.460 e. The number of carbonyl (C=O) groups is 1. The Kier molecular flexibility index (Phi) is 14.7. The molecule has 0 amide bonds. The smallest absolute Gasteiger partial charge is 0.377 e. The van der Waals surface area contributed by atoms with Gasteiger partial charge in [0.15, 0.2) is 0 Å². The summed E-state index contributed by atoms with van der Waals surface area (Å²) in [5, 5.41) is 0. The van der Waals surface area contributed by atoms with E-state index in [1.165, 1.54) is 25.7 Å². The molecular weight excluding hydrogens is 386 g/mol. The van der Waals surface area contributed by atoms with E-state index in [-0.39, 0.29) is 5.76 Å². The highest BCUT2D eigenvalue weighted by molar-refractivity contribution is 7.94. The third-order valence-corrected chi connectivity index (χ3v) is 4.89. The van der Waals surface area contributed by atoms with Crippen LogP contribution >= 0.6 is 12.0 Å². The number of rotatable bonds is 16. The van der Waals surface area contributed by atoms with Gasteiger partial charge in [0.1, 0.15) is 0 Å². The first-order valence-corrected chi connectivity index (χ1v) is 11.3. The van der Waals surface area contributed by atoms with E-state index >= 15 is 0 Å². The Labute approximate surface area is 180 Å². The zero-order valence-electron chi connectivity index (χ0n) is 18.0. The second-order valence-electron chi connectivity index (χ2n) is 6.55. The van der Waals surface area contributed by atoms with Crippen molar-refractivity contribution in [1.29, 1.82) is 0 Å². The lowest BCUT2D eigenvalue weighted by Crippen LogP contribution is -2.15. The van der Waals surface area contributed by atoms with Gasteiger partial charge in [-0.25, -0.2) is 4.79 Å². The SMILES string of the molecule is CCCCCCCCOC(=O)C(=CC=CN(CC)CC)OOSc1ccccc1. The normalized spacial score (nSPS) is 11.6. The quantitative estimate of drug-likeness (QED) is 0.0457. The van der Waals surface area contributed by atoms with Crippen molar-refractivity contribution in [2.45, 2.75) is 64.2 Å². The van der Waals surface area contributed by atoms with Crippen LogP contribution in [0.2, 0.25) is 0 Å². The van der Waals surface area contributed by atoms with E-state index in [2.05, 4.69) is 25.7 Å². The van der Waals surface area contributed by atoms with E-state index in [1.54, 1.807) is 12.2 Å². The van der Waals surface area contributed by atoms with Crippen LogP contribution in [0, 0.1) is 0 Å². The van der Waals surface area contributed by atoms with Gasteiger partial charge in [-0.1, -0.05) is 57.2 Å². The number of carbonyl (C=O) groups excluding carboxylic acids is 1. The molecule has 0 spiro atoms. The Morgan fingerprint density at radius 1 is 1.00 bits per heavy atom. The molecule has 0 fully saturated rings. The summed E-state index contributed by atoms with van der Waals surface area (Å²) in [4.78, 5) is 20.6. The van der Waals surface area contributed by atoms with Gasteiger partial charge in [-0.15, -0.1) is 4.33 Å². The summed E-state index contributed by atoms with van der Waals surface area (Å²) >= 11 is 1.05. The van der Waals surface area contributed by atoms with Gasteiger partial charge in [-0.2, -0.15) is 0 Å². The van der Waals surface area contributed by atoms with Gasteiger partial charge in [0.2, 0.25) is 0 Å². The Balaban J connectivity index is 2.52. The molecule has 0 aromatic heterocycles. The monoisotopic (exact) mass is 421 g/mol. The van der Waals surface area contributed by atoms with Gasteiger partial charge in [-0.3, -0.25) is 0 Å². The van der Waals surface area contributed by atoms with Crippen molar-refractivity contribution in [2.75, 3.05) is 19.7 Å². The minimum Gasteiger partial charge on any atom is -0.460 e. The lowest BCUT2D eigenvalue weighted by molar-refractivity contribution is -0.175. The number of hydrogen-bond acceptors (Lipinski definition) is 6. The van der Waals surface area contributed by atoms with Crippen molar-refractivity contribution >= 4 is 18.0 Å². The molecule has 1 aromatic rings. The molecule has 0 aliphatic carbocycles. The molecule has 162 valence electrons. The minimum atomic E-state index is -0.517. The van der Waals surface area contributed by atoms with Crippen LogP contribution in [0.5, 0.6) is 0 Å². The van der Waals surface area contributed by atoms with Crippen LogP contribution < -0.4 is 0 Å². The highest BCUT2D eigenvalue weighted by Crippen LogP contribution is 2.20. The van der Waals surface area contributed by atoms with Crippen molar-refractivity contribution in [3.05, 3.63) is 54.4 Å². The average molecular weight is 422 g/mol. The molecule has 0 saturated carbocycles. The lowest BCUT2D eigenvalue weighted by Gasteiger charge is -2.14. The van der Waals surface area contributed by atoms with Gasteiger partial charge < -0.3 is 14.5 Å². The lowest BCUT2D eigenvalue weighted by atomic mass is 10.1. The van der Waals surface area contributed by atoms with Crippen molar-refractivity contribution in [2.24, 2.45) is 0 Å². The highest BCUT2D eigenvalue weighted by Gasteiger charge is 2.14. The second kappa shape index (κ2) is 17.0. The van der Waals surface area contributed by atoms with E-state index in [4.69, 9.17) is 14.0 Å². The maximum Gasteiger partial charge on any atom is 0.377 e. The van der Waals surface area contributed by atoms with E-state index < -0.39 is 5.97 Å². The average Bonchev–Trinajstić information content (AvgIpc) is 2.75. The zero-order valence-corrected chi connectivity index (χ0v) is 18.8. The summed E-state index contributed by atoms with van der Waals surface area (Å²) < 4.78 is 10.5. The van der Waals surface area contributed by atoms with Crippen LogP contribution in [0.3, 0.4) is 0 Å². The molecule has 1 aromatic carbocycles. The third kappa shape index (κ3) is 12.3. The minimum absolute atomic E-state index is 0.0304. The highest BCUT2D eigenvalue weighted by atomic mass is 32.2. The summed E-state index contributed by atoms with van der Waals surface area (Å²) in [5.74, 6) is -0.487. The van der Waals surface area contributed by atoms with Gasteiger partial charge >= 0.3 is 5.97 Å². The van der Waals surface area contributed by atoms with Crippen LogP contribution in [0.4, 0.5) is 0 Å². The fourth-order valence-electron chi connectivity index (χ4n) is 2.50. The molecule has 1 rings (SSSR count). The molecule has 0 saturated heterocycles. The number of nitrogens with zero attached hydrogens (tertiary/aromatic N) is 1. The number of benzene rings is 1. The van der Waals surface area contributed by atoms with Gasteiger partial charge in [0.25, 0.3) is 5.76 Å². The van der Waals surface area contributed by atoms with E-state index in [9.17, 15) is 4.79 Å². The second-order valence-corrected chi connectivity index (χ2v) is 7.32. The Hall–Kier alpha value is -1.92. The first-order valence-electron chi connectivity index (χ1n) is 10.6. The predicted octanol–water partition coefficient (Wildman–Crippen LogP) is 6.29. The van der Waals surface area contributed by atoms with Crippen molar-refractivity contribution in [1.82, 2.24) is 4.90 Å². The maximum atomic E-state index is 12.4. The van der Waals surface area contributed by atoms with Crippen LogP contribution in [0.25, 0.3) is 0 Å². The van der Waals surface area contributed by atoms with E-state index in [0.717, 1.165) is 42.9 Å². The predicted molar refractivity (Wildman–Crippen MR) is 119 cm³/mol. The fourth-order valence-corrected chi connectivity index (χ4v) is 2.96. The van der Waals surface area contributed by atoms with Crippen molar-refractivity contribution in [3.8, 4) is 0 Å². The molecule has 0 bridgehead atoms. The molecular formula is C23H35NO4S. The fraction of sp³-hybridized carbons (Fsp3) is 0.522. The summed E-state index contributed by atoms with van der Waals surface area (Å²) in [5.41, 5.74) is 0. The van der Waals surface area contributed by atoms with Gasteiger partial charge in [-0.05, 0) is 50.8 Å². The molecule has 0 aliphatic rings. The standard InChI is InChI=1S/C23H35NO4S/c1-4-7-8-9-10-14-20-26-23(25)22(18-15-19-24(5-2)6-3)27-28-29-21-16-12-11-13-17-21/h11-13,15-19H,4-10,14,20H2,1-3H3. The number of unbranched alkanes of at least 4 members (excludes halogenated alkanes) is 5. The molecule has 5 nitrogen and oxygen atoms in total. The topological polar surface area (TPSA) is 48.0 Å². The van der Waals surface area contributed by atoms with Crippen molar-refractivity contribution < 1.29 is 18.8 Å². The van der Waals surface area contributed by atoms with Gasteiger partial charge in [0, 0.05) is 18.0 Å². The van der Waals surface area contributed by atoms with E-state index in [0.29, 0.717) is 6.61 Å². The molecule has 6 heteroatoms. The first kappa shape index (κ1) is 25.1. The van der Waals surface area contributed by atoms with Crippen LogP contribution in [0.1, 0.15) is 59.3 Å². The van der Waals surface area contributed by atoms with Crippen molar-refractivity contribution in [3.63, 3.8) is 0 Å². The Morgan fingerprint density at radius 2 is 1.69 bits per heavy atom. The van der Waals surface area contributed by atoms with Crippen LogP contribution in [-0.2, 0) is 18.8 Å². The molecule has 0 unspecified atom stereocenters. The molecule has 0 radical (unpaired) electrons. The molecule has 0 heterocycles. The molecule has 29 heavy (non-hydrogen) atoms. The van der Waals surface area contributed by atoms with E-state index in [1.807, 2.05) is 36.5 Å². The number of esters is 1. The number of ether oxygens (including phenoxy) is 1. The molecule has 0 atom stereocenters. The summed E-state index contributed by atoms with van der Waals surface area (Å²) in [6.07, 6.45) is 12.1. The summed E-state index contributed by atoms with van der Waals surface area (Å²) in [7, 11) is 0. The molecule has 0 N–H and O–H groups in total. The third-order valence-electron chi connectivity index (χ3n) is 4.29. The van der Waals surface area contributed by atoms with Crippen LogP contribution in [0.15, 0.2) is 59.3 Å². The number of hydrogen-bond donors (Lipinski definition) is 0. The van der Waals surface area contributed by atoms with Crippen LogP contribution in [-0.4, -0.2) is 30.6 Å². The summed E-state index contributed by atoms with van der Waals surface area (Å²) in [6, 6.07) is 9.53. The molecule has 0 aliphatic heterocycles.